The van der Waals surface area contributed by atoms with Gasteiger partial charge < -0.3 is 9.64 Å². The molecule has 2 aliphatic heterocycles. The number of ether oxygens (including phenoxy) is 1. The number of piperidine rings is 1. The second kappa shape index (κ2) is 7.60. The molecule has 2 heterocycles. The number of cyclic esters (lactones) is 1. The van der Waals surface area contributed by atoms with E-state index in [1.54, 1.807) is 0 Å². The third-order valence-corrected chi connectivity index (χ3v) is 7.75. The van der Waals surface area contributed by atoms with E-state index in [9.17, 15) is 19.2 Å². The van der Waals surface area contributed by atoms with Crippen LogP contribution >= 0.6 is 0 Å². The summed E-state index contributed by atoms with van der Waals surface area (Å²) < 4.78 is 5.68. The van der Waals surface area contributed by atoms with Crippen molar-refractivity contribution in [1.82, 2.24) is 4.90 Å². The minimum atomic E-state index is -0.570. The Kier molecular flexibility index (Phi) is 5.32. The lowest BCUT2D eigenvalue weighted by atomic mass is 9.57. The van der Waals surface area contributed by atoms with Gasteiger partial charge in [0, 0.05) is 44.2 Å². The number of hydrogen-bond acceptors (Lipinski definition) is 5. The van der Waals surface area contributed by atoms with Gasteiger partial charge in [0.1, 0.15) is 17.7 Å². The number of likely N-dealkylation sites (tertiary alicyclic amines) is 1. The van der Waals surface area contributed by atoms with Gasteiger partial charge in [0.2, 0.25) is 5.91 Å². The molecule has 2 saturated heterocycles. The number of carbonyl (C=O) groups excluding carboxylic acids is 4. The number of Topliss-reactive ketones (excluding diaryl/α,β-unsaturated/α-hetero) is 2. The molecule has 2 aliphatic carbocycles. The third kappa shape index (κ3) is 3.39. The van der Waals surface area contributed by atoms with Crippen LogP contribution in [0.2, 0.25) is 0 Å². The average Bonchev–Trinajstić information content (AvgIpc) is 2.86. The van der Waals surface area contributed by atoms with Crippen molar-refractivity contribution < 1.29 is 23.9 Å². The van der Waals surface area contributed by atoms with Gasteiger partial charge in [0.05, 0.1) is 5.92 Å². The van der Waals surface area contributed by atoms with Gasteiger partial charge in [-0.05, 0) is 50.4 Å². The van der Waals surface area contributed by atoms with Crippen LogP contribution < -0.4 is 0 Å². The summed E-state index contributed by atoms with van der Waals surface area (Å²) in [6, 6.07) is 0. The van der Waals surface area contributed by atoms with E-state index in [1.165, 1.54) is 6.42 Å². The molecule has 4 aliphatic rings. The highest BCUT2D eigenvalue weighted by Crippen LogP contribution is 2.56. The van der Waals surface area contributed by atoms with Crippen molar-refractivity contribution in [1.29, 1.82) is 0 Å². The number of fused-ring (bicyclic) bond motifs is 3. The molecule has 0 spiro atoms. The fourth-order valence-electron chi connectivity index (χ4n) is 6.24. The fourth-order valence-corrected chi connectivity index (χ4v) is 6.24. The maximum absolute atomic E-state index is 13.1. The summed E-state index contributed by atoms with van der Waals surface area (Å²) in [6.45, 7) is 3.54. The van der Waals surface area contributed by atoms with Crippen LogP contribution in [0.5, 0.6) is 0 Å². The molecule has 6 heteroatoms. The van der Waals surface area contributed by atoms with Crippen LogP contribution in [0.4, 0.5) is 0 Å². The number of amides is 1. The van der Waals surface area contributed by atoms with Gasteiger partial charge >= 0.3 is 5.97 Å². The second-order valence-electron chi connectivity index (χ2n) is 9.37. The molecule has 6 nitrogen and oxygen atoms in total. The lowest BCUT2D eigenvalue weighted by Crippen LogP contribution is -2.50. The summed E-state index contributed by atoms with van der Waals surface area (Å²) in [7, 11) is 0. The van der Waals surface area contributed by atoms with Gasteiger partial charge in [0.15, 0.2) is 0 Å². The van der Waals surface area contributed by atoms with Gasteiger partial charge in [-0.1, -0.05) is 6.92 Å². The van der Waals surface area contributed by atoms with Crippen molar-refractivity contribution >= 4 is 23.4 Å². The van der Waals surface area contributed by atoms with Crippen LogP contribution in [0.15, 0.2) is 0 Å². The summed E-state index contributed by atoms with van der Waals surface area (Å²) in [5.74, 6) is -0.132. The van der Waals surface area contributed by atoms with Crippen molar-refractivity contribution in [2.75, 3.05) is 13.1 Å². The Hall–Kier alpha value is -1.72. The van der Waals surface area contributed by atoms with Crippen LogP contribution in [-0.2, 0) is 23.9 Å². The zero-order chi connectivity index (χ0) is 19.9. The Morgan fingerprint density at radius 1 is 1.11 bits per heavy atom. The minimum absolute atomic E-state index is 0.0132. The fraction of sp³-hybridized carbons (Fsp3) is 0.818. The van der Waals surface area contributed by atoms with E-state index in [1.807, 2.05) is 11.8 Å². The quantitative estimate of drug-likeness (QED) is 0.693. The Bertz CT molecular complexity index is 682. The number of carbonyl (C=O) groups is 4. The first-order chi connectivity index (χ1) is 13.4. The summed E-state index contributed by atoms with van der Waals surface area (Å²) in [5.41, 5.74) is -0.570. The zero-order valence-electron chi connectivity index (χ0n) is 16.8. The molecule has 0 aromatic rings. The zero-order valence-corrected chi connectivity index (χ0v) is 16.8. The van der Waals surface area contributed by atoms with Crippen LogP contribution in [0, 0.1) is 23.2 Å². The first kappa shape index (κ1) is 19.6. The van der Waals surface area contributed by atoms with E-state index in [0.717, 1.165) is 32.4 Å². The number of hydrogen-bond donors (Lipinski definition) is 0. The monoisotopic (exact) mass is 389 g/mol. The predicted molar refractivity (Wildman–Crippen MR) is 101 cm³/mol. The Morgan fingerprint density at radius 2 is 1.86 bits per heavy atom. The van der Waals surface area contributed by atoms with Crippen molar-refractivity contribution in [2.45, 2.75) is 77.2 Å². The summed E-state index contributed by atoms with van der Waals surface area (Å²) in [5, 5.41) is 0. The standard InChI is InChI=1S/C22H31NO5/c1-22-13-16(24)21-14(15(22)6-8-18(22)25)5-10-20(27)28-17(21)7-9-19(26)23-11-3-2-4-12-23/h14-15,17,21H,2-13H2,1H3/t14-,15-,17+,21+,22-/m0/s1. The van der Waals surface area contributed by atoms with Gasteiger partial charge in [0.25, 0.3) is 0 Å². The molecule has 154 valence electrons. The van der Waals surface area contributed by atoms with Crippen molar-refractivity contribution in [3.63, 3.8) is 0 Å². The van der Waals surface area contributed by atoms with Crippen molar-refractivity contribution in [3.8, 4) is 0 Å². The van der Waals surface area contributed by atoms with E-state index < -0.39 is 11.5 Å². The van der Waals surface area contributed by atoms with Gasteiger partial charge in [-0.15, -0.1) is 0 Å². The third-order valence-electron chi connectivity index (χ3n) is 7.75. The molecule has 4 fully saturated rings. The minimum Gasteiger partial charge on any atom is -0.462 e. The topological polar surface area (TPSA) is 80.8 Å². The molecular weight excluding hydrogens is 358 g/mol. The van der Waals surface area contributed by atoms with E-state index in [-0.39, 0.29) is 47.6 Å². The van der Waals surface area contributed by atoms with Crippen LogP contribution in [0.1, 0.15) is 71.1 Å². The highest BCUT2D eigenvalue weighted by molar-refractivity contribution is 5.95. The van der Waals surface area contributed by atoms with Crippen LogP contribution in [0.25, 0.3) is 0 Å². The highest BCUT2D eigenvalue weighted by Gasteiger charge is 2.59. The van der Waals surface area contributed by atoms with Crippen LogP contribution in [-0.4, -0.2) is 47.5 Å². The summed E-state index contributed by atoms with van der Waals surface area (Å²) in [6.07, 6.45) is 5.95. The predicted octanol–water partition coefficient (Wildman–Crippen LogP) is 2.68. The molecule has 1 amide bonds. The first-order valence-corrected chi connectivity index (χ1v) is 10.9. The number of ketones is 2. The molecule has 0 N–H and O–H groups in total. The molecule has 0 radical (unpaired) electrons. The highest BCUT2D eigenvalue weighted by atomic mass is 16.5. The van der Waals surface area contributed by atoms with Crippen molar-refractivity contribution in [3.05, 3.63) is 0 Å². The molecule has 28 heavy (non-hydrogen) atoms. The maximum atomic E-state index is 13.1. The maximum Gasteiger partial charge on any atom is 0.306 e. The molecule has 4 rings (SSSR count). The molecule has 0 aromatic carbocycles. The molecule has 0 aromatic heterocycles. The van der Waals surface area contributed by atoms with Gasteiger partial charge in [-0.25, -0.2) is 0 Å². The lowest BCUT2D eigenvalue weighted by Gasteiger charge is -2.45. The van der Waals surface area contributed by atoms with E-state index >= 15 is 0 Å². The number of nitrogens with zero attached hydrogens (tertiary/aromatic N) is 1. The number of rotatable bonds is 3. The Balaban J connectivity index is 1.50. The molecule has 0 bridgehead atoms. The first-order valence-electron chi connectivity index (χ1n) is 10.9. The Morgan fingerprint density at radius 3 is 2.61 bits per heavy atom. The van der Waals surface area contributed by atoms with E-state index in [4.69, 9.17) is 4.74 Å². The molecule has 5 atom stereocenters. The normalized spacial score (nSPS) is 38.5. The summed E-state index contributed by atoms with van der Waals surface area (Å²) in [4.78, 5) is 52.3. The summed E-state index contributed by atoms with van der Waals surface area (Å²) >= 11 is 0. The van der Waals surface area contributed by atoms with Gasteiger partial charge in [-0.3, -0.25) is 19.2 Å². The second-order valence-corrected chi connectivity index (χ2v) is 9.37. The van der Waals surface area contributed by atoms with E-state index in [2.05, 4.69) is 0 Å². The Labute approximate surface area is 166 Å². The average molecular weight is 389 g/mol. The SMILES string of the molecule is C[C@]12CC(=O)[C@H]3[C@@H](CCC(=O)O[C@@H]3CCC(=O)N3CCCCC3)[C@@H]1CCC2=O. The molecular formula is C22H31NO5. The molecule has 2 saturated carbocycles. The molecule has 0 unspecified atom stereocenters. The lowest BCUT2D eigenvalue weighted by molar-refractivity contribution is -0.158. The van der Waals surface area contributed by atoms with Gasteiger partial charge in [-0.2, -0.15) is 0 Å². The largest absolute Gasteiger partial charge is 0.462 e. The smallest absolute Gasteiger partial charge is 0.306 e. The number of esters is 1. The van der Waals surface area contributed by atoms with Crippen molar-refractivity contribution in [2.24, 2.45) is 23.2 Å². The van der Waals surface area contributed by atoms with E-state index in [0.29, 0.717) is 32.1 Å². The van der Waals surface area contributed by atoms with Crippen LogP contribution in [0.3, 0.4) is 0 Å².